The number of rotatable bonds is 2. The lowest BCUT2D eigenvalue weighted by molar-refractivity contribution is -0.143. The van der Waals surface area contributed by atoms with E-state index >= 15 is 0 Å². The number of alkyl halides is 3. The van der Waals surface area contributed by atoms with Gasteiger partial charge in [0.05, 0.1) is 11.6 Å². The van der Waals surface area contributed by atoms with Gasteiger partial charge in [0.1, 0.15) is 0 Å². The maximum Gasteiger partial charge on any atom is 0.436 e. The molecule has 0 N–H and O–H groups in total. The van der Waals surface area contributed by atoms with E-state index in [9.17, 15) is 22.4 Å². The van der Waals surface area contributed by atoms with Gasteiger partial charge in [-0.05, 0) is 24.5 Å². The molecule has 0 bridgehead atoms. The largest absolute Gasteiger partial charge is 0.436 e. The summed E-state index contributed by atoms with van der Waals surface area (Å²) in [5.41, 5.74) is -1.21. The molecule has 1 aromatic rings. The second kappa shape index (κ2) is 7.03. The van der Waals surface area contributed by atoms with Crippen molar-refractivity contribution in [3.63, 3.8) is 0 Å². The Kier molecular flexibility index (Phi) is 4.96. The van der Waals surface area contributed by atoms with Crippen LogP contribution in [0.4, 0.5) is 17.6 Å². The van der Waals surface area contributed by atoms with Crippen LogP contribution in [-0.2, 0) is 6.18 Å². The lowest BCUT2D eigenvalue weighted by Crippen LogP contribution is -2.52. The van der Waals surface area contributed by atoms with Gasteiger partial charge in [0.15, 0.2) is 11.5 Å². The Hall–Kier alpha value is -2.47. The Morgan fingerprint density at radius 3 is 2.54 bits per heavy atom. The summed E-state index contributed by atoms with van der Waals surface area (Å²) in [5, 5.41) is 8.60. The van der Waals surface area contributed by atoms with Crippen molar-refractivity contribution in [2.45, 2.75) is 25.1 Å². The summed E-state index contributed by atoms with van der Waals surface area (Å²) in [6.07, 6.45) is -1.30. The average Bonchev–Trinajstić information content (AvgIpc) is 2.56. The van der Waals surface area contributed by atoms with Crippen molar-refractivity contribution in [2.24, 2.45) is 0 Å². The standard InChI is InChI=1S/C17H16F4N4O/c18-14-13(2-6-23-15(14)17(19,20)21)16(26)24-7-3-12(4-8-24)25-9-11(10-25)1-5-22/h1-2,6,12H,3-4,7-10H2. The number of halogens is 4. The normalized spacial score (nSPS) is 19.0. The predicted molar refractivity (Wildman–Crippen MR) is 83.4 cm³/mol. The van der Waals surface area contributed by atoms with Crippen molar-refractivity contribution in [3.8, 4) is 6.07 Å². The van der Waals surface area contributed by atoms with Gasteiger partial charge in [-0.1, -0.05) is 0 Å². The number of hydrogen-bond acceptors (Lipinski definition) is 4. The highest BCUT2D eigenvalue weighted by Gasteiger charge is 2.39. The SMILES string of the molecule is N#CC=C1CN(C2CCN(C(=O)c3ccnc(C(F)(F)F)c3F)CC2)C1. The van der Waals surface area contributed by atoms with Crippen LogP contribution in [0.1, 0.15) is 28.9 Å². The van der Waals surface area contributed by atoms with Crippen LogP contribution in [0.5, 0.6) is 0 Å². The lowest BCUT2D eigenvalue weighted by Gasteiger charge is -2.44. The maximum absolute atomic E-state index is 14.1. The van der Waals surface area contributed by atoms with E-state index in [1.807, 2.05) is 6.07 Å². The number of amides is 1. The molecular weight excluding hydrogens is 352 g/mol. The van der Waals surface area contributed by atoms with Crippen molar-refractivity contribution in [2.75, 3.05) is 26.2 Å². The smallest absolute Gasteiger partial charge is 0.338 e. The van der Waals surface area contributed by atoms with Crippen LogP contribution >= 0.6 is 0 Å². The number of carbonyl (C=O) groups is 1. The molecule has 2 fully saturated rings. The van der Waals surface area contributed by atoms with Crippen molar-refractivity contribution in [1.82, 2.24) is 14.8 Å². The molecule has 0 atom stereocenters. The first-order valence-electron chi connectivity index (χ1n) is 8.14. The van der Waals surface area contributed by atoms with E-state index < -0.39 is 29.2 Å². The molecule has 3 rings (SSSR count). The van der Waals surface area contributed by atoms with Crippen molar-refractivity contribution < 1.29 is 22.4 Å². The van der Waals surface area contributed by atoms with Crippen LogP contribution in [0.15, 0.2) is 23.9 Å². The molecule has 0 radical (unpaired) electrons. The molecule has 0 aromatic carbocycles. The predicted octanol–water partition coefficient (Wildman–Crippen LogP) is 2.61. The number of piperidine rings is 1. The Labute approximate surface area is 147 Å². The van der Waals surface area contributed by atoms with Gasteiger partial charge in [0.25, 0.3) is 5.91 Å². The third kappa shape index (κ3) is 3.55. The molecule has 0 unspecified atom stereocenters. The third-order valence-corrected chi connectivity index (χ3v) is 4.74. The third-order valence-electron chi connectivity index (χ3n) is 4.74. The molecule has 1 amide bonds. The fourth-order valence-electron chi connectivity index (χ4n) is 3.33. The number of aromatic nitrogens is 1. The number of pyridine rings is 1. The molecule has 0 saturated carbocycles. The molecular formula is C17H16F4N4O. The number of allylic oxidation sites excluding steroid dienone is 1. The van der Waals surface area contributed by atoms with E-state index in [0.29, 0.717) is 25.9 Å². The molecule has 3 heterocycles. The zero-order valence-corrected chi connectivity index (χ0v) is 13.8. The van der Waals surface area contributed by atoms with Gasteiger partial charge in [0.2, 0.25) is 0 Å². The number of nitrogens with zero attached hydrogens (tertiary/aromatic N) is 4. The van der Waals surface area contributed by atoms with Gasteiger partial charge in [-0.15, -0.1) is 0 Å². The first-order chi connectivity index (χ1) is 12.3. The molecule has 138 valence electrons. The second-order valence-electron chi connectivity index (χ2n) is 6.38. The summed E-state index contributed by atoms with van der Waals surface area (Å²) >= 11 is 0. The van der Waals surface area contributed by atoms with Gasteiger partial charge in [-0.25, -0.2) is 9.37 Å². The van der Waals surface area contributed by atoms with E-state index in [0.717, 1.165) is 30.9 Å². The van der Waals surface area contributed by atoms with E-state index in [2.05, 4.69) is 9.88 Å². The highest BCUT2D eigenvalue weighted by atomic mass is 19.4. The zero-order chi connectivity index (χ0) is 18.9. The number of carbonyl (C=O) groups excluding carboxylic acids is 1. The molecule has 5 nitrogen and oxygen atoms in total. The minimum atomic E-state index is -4.94. The summed E-state index contributed by atoms with van der Waals surface area (Å²) in [5.74, 6) is -2.37. The molecule has 1 aromatic heterocycles. The molecule has 0 aliphatic carbocycles. The zero-order valence-electron chi connectivity index (χ0n) is 13.8. The van der Waals surface area contributed by atoms with E-state index in [1.54, 1.807) is 0 Å². The molecule has 2 aliphatic heterocycles. The average molecular weight is 368 g/mol. The number of hydrogen-bond donors (Lipinski definition) is 0. The topological polar surface area (TPSA) is 60.2 Å². The minimum absolute atomic E-state index is 0.253. The van der Waals surface area contributed by atoms with Crippen LogP contribution in [0.2, 0.25) is 0 Å². The molecule has 2 aliphatic rings. The highest BCUT2D eigenvalue weighted by Crippen LogP contribution is 2.31. The van der Waals surface area contributed by atoms with Crippen LogP contribution in [-0.4, -0.2) is 52.9 Å². The van der Waals surface area contributed by atoms with Gasteiger partial charge in [-0.3, -0.25) is 9.69 Å². The summed E-state index contributed by atoms with van der Waals surface area (Å²) in [6, 6.07) is 3.22. The molecule has 0 spiro atoms. The van der Waals surface area contributed by atoms with Crippen molar-refractivity contribution in [1.29, 1.82) is 5.26 Å². The van der Waals surface area contributed by atoms with Crippen LogP contribution < -0.4 is 0 Å². The summed E-state index contributed by atoms with van der Waals surface area (Å²) in [4.78, 5) is 19.0. The van der Waals surface area contributed by atoms with E-state index in [-0.39, 0.29) is 6.04 Å². The quantitative estimate of drug-likeness (QED) is 0.595. The van der Waals surface area contributed by atoms with Gasteiger partial charge < -0.3 is 4.90 Å². The lowest BCUT2D eigenvalue weighted by atomic mass is 9.96. The Bertz CT molecular complexity index is 768. The van der Waals surface area contributed by atoms with E-state index in [1.165, 1.54) is 11.0 Å². The fourth-order valence-corrected chi connectivity index (χ4v) is 3.33. The van der Waals surface area contributed by atoms with Crippen LogP contribution in [0.3, 0.4) is 0 Å². The Balaban J connectivity index is 1.63. The first-order valence-corrected chi connectivity index (χ1v) is 8.14. The van der Waals surface area contributed by atoms with E-state index in [4.69, 9.17) is 5.26 Å². The summed E-state index contributed by atoms with van der Waals surface area (Å²) in [7, 11) is 0. The van der Waals surface area contributed by atoms with Crippen molar-refractivity contribution >= 4 is 5.91 Å². The number of likely N-dealkylation sites (tertiary alicyclic amines) is 2. The van der Waals surface area contributed by atoms with Crippen molar-refractivity contribution in [3.05, 3.63) is 41.0 Å². The second-order valence-corrected chi connectivity index (χ2v) is 6.38. The van der Waals surface area contributed by atoms with Gasteiger partial charge in [-0.2, -0.15) is 18.4 Å². The minimum Gasteiger partial charge on any atom is -0.338 e. The molecule has 9 heteroatoms. The Morgan fingerprint density at radius 2 is 1.96 bits per heavy atom. The monoisotopic (exact) mass is 368 g/mol. The Morgan fingerprint density at radius 1 is 1.31 bits per heavy atom. The van der Waals surface area contributed by atoms with Gasteiger partial charge >= 0.3 is 6.18 Å². The molecule has 2 saturated heterocycles. The summed E-state index contributed by atoms with van der Waals surface area (Å²) < 4.78 is 52.3. The van der Waals surface area contributed by atoms with Crippen LogP contribution in [0, 0.1) is 17.1 Å². The maximum atomic E-state index is 14.1. The fraction of sp³-hybridized carbons (Fsp3) is 0.471. The number of nitriles is 1. The first kappa shape index (κ1) is 18.3. The highest BCUT2D eigenvalue weighted by molar-refractivity contribution is 5.94. The van der Waals surface area contributed by atoms with Crippen LogP contribution in [0.25, 0.3) is 0 Å². The van der Waals surface area contributed by atoms with Gasteiger partial charge in [0, 0.05) is 44.5 Å². The summed E-state index contributed by atoms with van der Waals surface area (Å²) in [6.45, 7) is 2.14. The molecule has 26 heavy (non-hydrogen) atoms.